The van der Waals surface area contributed by atoms with E-state index < -0.39 is 0 Å². The second-order valence-corrected chi connectivity index (χ2v) is 6.66. The van der Waals surface area contributed by atoms with E-state index in [1.807, 2.05) is 16.8 Å². The summed E-state index contributed by atoms with van der Waals surface area (Å²) in [5, 5.41) is 6.37. The number of hydrogen-bond donors (Lipinski definition) is 2. The summed E-state index contributed by atoms with van der Waals surface area (Å²) < 4.78 is 2.94. The van der Waals surface area contributed by atoms with Gasteiger partial charge in [0.25, 0.3) is 5.91 Å². The molecule has 0 unspecified atom stereocenters. The van der Waals surface area contributed by atoms with E-state index in [4.69, 9.17) is 0 Å². The summed E-state index contributed by atoms with van der Waals surface area (Å²) in [6, 6.07) is 2.16. The molecular weight excluding hydrogens is 368 g/mol. The molecule has 2 rings (SSSR count). The highest BCUT2D eigenvalue weighted by atomic mass is 79.9. The monoisotopic (exact) mass is 392 g/mol. The first kappa shape index (κ1) is 19.5. The van der Waals surface area contributed by atoms with E-state index in [0.717, 1.165) is 55.9 Å². The molecule has 2 heterocycles. The summed E-state index contributed by atoms with van der Waals surface area (Å²) in [7, 11) is 0. The Hall–Kier alpha value is -0.560. The summed E-state index contributed by atoms with van der Waals surface area (Å²) in [5.74, 6) is 0.00899. The van der Waals surface area contributed by atoms with Gasteiger partial charge in [0, 0.05) is 49.4 Å². The Morgan fingerprint density at radius 2 is 2.09 bits per heavy atom. The van der Waals surface area contributed by atoms with Crippen LogP contribution < -0.4 is 10.6 Å². The lowest BCUT2D eigenvalue weighted by Gasteiger charge is -2.27. The van der Waals surface area contributed by atoms with Gasteiger partial charge in [0.1, 0.15) is 5.69 Å². The average Bonchev–Trinajstić information content (AvgIpc) is 2.87. The van der Waals surface area contributed by atoms with Crippen LogP contribution in [0.25, 0.3) is 0 Å². The Bertz CT molecular complexity index is 472. The summed E-state index contributed by atoms with van der Waals surface area (Å²) in [4.78, 5) is 14.7. The number of piperazine rings is 1. The van der Waals surface area contributed by atoms with Crippen LogP contribution in [0.4, 0.5) is 0 Å². The van der Waals surface area contributed by atoms with E-state index in [1.54, 1.807) is 0 Å². The Kier molecular flexibility index (Phi) is 8.46. The molecule has 7 heteroatoms. The van der Waals surface area contributed by atoms with Gasteiger partial charge in [-0.15, -0.1) is 12.4 Å². The zero-order valence-electron chi connectivity index (χ0n) is 13.3. The molecule has 126 valence electrons. The maximum atomic E-state index is 12.3. The summed E-state index contributed by atoms with van der Waals surface area (Å²) in [5.41, 5.74) is 0.721. The molecule has 1 aromatic rings. The third kappa shape index (κ3) is 5.57. The van der Waals surface area contributed by atoms with Crippen molar-refractivity contribution in [1.29, 1.82) is 0 Å². The molecule has 2 N–H and O–H groups in total. The van der Waals surface area contributed by atoms with Gasteiger partial charge in [-0.3, -0.25) is 4.79 Å². The maximum absolute atomic E-state index is 12.3. The van der Waals surface area contributed by atoms with Gasteiger partial charge in [0.15, 0.2) is 0 Å². The van der Waals surface area contributed by atoms with E-state index in [0.29, 0.717) is 0 Å². The molecule has 1 aliphatic heterocycles. The van der Waals surface area contributed by atoms with Crippen LogP contribution in [0.3, 0.4) is 0 Å². The van der Waals surface area contributed by atoms with Crippen LogP contribution in [-0.4, -0.2) is 54.6 Å². The van der Waals surface area contributed by atoms with Crippen LogP contribution in [0.1, 0.15) is 36.8 Å². The van der Waals surface area contributed by atoms with E-state index in [1.165, 1.54) is 0 Å². The minimum absolute atomic E-state index is 0. The summed E-state index contributed by atoms with van der Waals surface area (Å²) in [6.45, 7) is 10.3. The van der Waals surface area contributed by atoms with E-state index >= 15 is 0 Å². The molecule has 1 aromatic heterocycles. The quantitative estimate of drug-likeness (QED) is 0.729. The normalized spacial score (nSPS) is 15.6. The van der Waals surface area contributed by atoms with Crippen molar-refractivity contribution in [2.24, 2.45) is 0 Å². The number of carbonyl (C=O) groups excluding carboxylic acids is 1. The number of nitrogens with one attached hydrogen (secondary N) is 2. The minimum atomic E-state index is 0. The number of nitrogens with zero attached hydrogens (tertiary/aromatic N) is 2. The second-order valence-electron chi connectivity index (χ2n) is 5.75. The van der Waals surface area contributed by atoms with E-state index in [-0.39, 0.29) is 24.4 Å². The lowest BCUT2D eigenvalue weighted by Crippen LogP contribution is -2.44. The van der Waals surface area contributed by atoms with Crippen LogP contribution in [0.15, 0.2) is 16.7 Å². The number of amides is 1. The number of hydrogen-bond acceptors (Lipinski definition) is 3. The molecule has 22 heavy (non-hydrogen) atoms. The molecule has 1 amide bonds. The van der Waals surface area contributed by atoms with Crippen LogP contribution in [0, 0.1) is 0 Å². The maximum Gasteiger partial charge on any atom is 0.267 e. The van der Waals surface area contributed by atoms with Gasteiger partial charge in [-0.05, 0) is 48.8 Å². The Morgan fingerprint density at radius 1 is 1.41 bits per heavy atom. The van der Waals surface area contributed by atoms with Crippen molar-refractivity contribution >= 4 is 34.2 Å². The van der Waals surface area contributed by atoms with Crippen LogP contribution in [-0.2, 0) is 0 Å². The fourth-order valence-corrected chi connectivity index (χ4v) is 3.02. The molecular formula is C15H26BrClN4O. The zero-order valence-corrected chi connectivity index (χ0v) is 15.7. The molecule has 1 aliphatic rings. The Morgan fingerprint density at radius 3 is 2.73 bits per heavy atom. The molecule has 0 aromatic carbocycles. The SMILES string of the molecule is CC(C)n1cc(Br)cc1C(=O)NCCCN1CCNCC1.Cl. The van der Waals surface area contributed by atoms with Crippen molar-refractivity contribution in [3.63, 3.8) is 0 Å². The lowest BCUT2D eigenvalue weighted by atomic mass is 10.3. The highest BCUT2D eigenvalue weighted by Gasteiger charge is 2.15. The van der Waals surface area contributed by atoms with Crippen molar-refractivity contribution in [3.05, 3.63) is 22.4 Å². The number of rotatable bonds is 6. The molecule has 1 saturated heterocycles. The van der Waals surface area contributed by atoms with Crippen LogP contribution in [0.2, 0.25) is 0 Å². The van der Waals surface area contributed by atoms with Gasteiger partial charge in [-0.25, -0.2) is 0 Å². The third-order valence-electron chi connectivity index (χ3n) is 3.75. The summed E-state index contributed by atoms with van der Waals surface area (Å²) >= 11 is 3.44. The lowest BCUT2D eigenvalue weighted by molar-refractivity contribution is 0.0940. The molecule has 0 radical (unpaired) electrons. The van der Waals surface area contributed by atoms with Gasteiger partial charge in [-0.1, -0.05) is 0 Å². The fraction of sp³-hybridized carbons (Fsp3) is 0.667. The van der Waals surface area contributed by atoms with Gasteiger partial charge >= 0.3 is 0 Å². The first-order chi connectivity index (χ1) is 10.1. The smallest absolute Gasteiger partial charge is 0.267 e. The first-order valence-electron chi connectivity index (χ1n) is 7.66. The zero-order chi connectivity index (χ0) is 15.2. The molecule has 0 saturated carbocycles. The Balaban J connectivity index is 0.00000242. The molecule has 0 aliphatic carbocycles. The fourth-order valence-electron chi connectivity index (χ4n) is 2.58. The topological polar surface area (TPSA) is 49.3 Å². The molecule has 0 spiro atoms. The van der Waals surface area contributed by atoms with Gasteiger partial charge in [0.2, 0.25) is 0 Å². The summed E-state index contributed by atoms with van der Waals surface area (Å²) in [6.07, 6.45) is 2.95. The molecule has 5 nitrogen and oxygen atoms in total. The van der Waals surface area contributed by atoms with Crippen LogP contribution >= 0.6 is 28.3 Å². The highest BCUT2D eigenvalue weighted by Crippen LogP contribution is 2.19. The second kappa shape index (κ2) is 9.55. The number of aromatic nitrogens is 1. The van der Waals surface area contributed by atoms with Gasteiger partial charge in [0.05, 0.1) is 0 Å². The molecule has 1 fully saturated rings. The minimum Gasteiger partial charge on any atom is -0.351 e. The van der Waals surface area contributed by atoms with Crippen molar-refractivity contribution in [1.82, 2.24) is 20.1 Å². The van der Waals surface area contributed by atoms with Crippen molar-refractivity contribution in [2.75, 3.05) is 39.3 Å². The predicted octanol–water partition coefficient (Wildman–Crippen LogP) is 2.28. The van der Waals surface area contributed by atoms with Crippen molar-refractivity contribution in [2.45, 2.75) is 26.3 Å². The Labute approximate surface area is 147 Å². The average molecular weight is 394 g/mol. The standard InChI is InChI=1S/C15H25BrN4O.ClH/c1-12(2)20-11-13(16)10-14(20)15(21)18-4-3-7-19-8-5-17-6-9-19;/h10-12,17H,3-9H2,1-2H3,(H,18,21);1H. The molecule has 0 atom stereocenters. The van der Waals surface area contributed by atoms with E-state index in [2.05, 4.69) is 45.3 Å². The molecule has 0 bridgehead atoms. The van der Waals surface area contributed by atoms with E-state index in [9.17, 15) is 4.79 Å². The van der Waals surface area contributed by atoms with Crippen LogP contribution in [0.5, 0.6) is 0 Å². The number of halogens is 2. The number of carbonyl (C=O) groups is 1. The largest absolute Gasteiger partial charge is 0.351 e. The third-order valence-corrected chi connectivity index (χ3v) is 4.18. The first-order valence-corrected chi connectivity index (χ1v) is 8.46. The highest BCUT2D eigenvalue weighted by molar-refractivity contribution is 9.10. The van der Waals surface area contributed by atoms with Gasteiger partial charge in [-0.2, -0.15) is 0 Å². The van der Waals surface area contributed by atoms with Crippen molar-refractivity contribution < 1.29 is 4.79 Å². The van der Waals surface area contributed by atoms with Crippen molar-refractivity contribution in [3.8, 4) is 0 Å². The van der Waals surface area contributed by atoms with Gasteiger partial charge < -0.3 is 20.1 Å². The predicted molar refractivity (Wildman–Crippen MR) is 96.0 cm³/mol.